The molecule has 0 aliphatic rings. The molecule has 0 saturated heterocycles. The molecule has 0 saturated carbocycles. The molecule has 0 aliphatic heterocycles. The summed E-state index contributed by atoms with van der Waals surface area (Å²) >= 11 is 12.0. The van der Waals surface area contributed by atoms with Crippen LogP contribution in [-0.4, -0.2) is 9.97 Å². The van der Waals surface area contributed by atoms with Crippen molar-refractivity contribution in [2.75, 3.05) is 5.43 Å². The smallest absolute Gasteiger partial charge is 0.224 e. The predicted molar refractivity (Wildman–Crippen MR) is 80.4 cm³/mol. The highest BCUT2D eigenvalue weighted by Crippen LogP contribution is 2.31. The Hall–Kier alpha value is -1.56. The molecule has 5 nitrogen and oxygen atoms in total. The molecule has 1 heterocycles. The van der Waals surface area contributed by atoms with E-state index in [0.29, 0.717) is 33.3 Å². The van der Waals surface area contributed by atoms with Crippen LogP contribution in [0.1, 0.15) is 19.2 Å². The van der Waals surface area contributed by atoms with Crippen LogP contribution < -0.4 is 16.0 Å². The maximum Gasteiger partial charge on any atom is 0.224 e. The molecular formula is C13H14Cl2N4O. The summed E-state index contributed by atoms with van der Waals surface area (Å²) in [5.41, 5.74) is 2.49. The lowest BCUT2D eigenvalue weighted by molar-refractivity contribution is 0.459. The van der Waals surface area contributed by atoms with E-state index in [9.17, 15) is 0 Å². The first-order valence-electron chi connectivity index (χ1n) is 6.10. The van der Waals surface area contributed by atoms with Crippen molar-refractivity contribution >= 4 is 29.0 Å². The standard InChI is InChI=1S/C13H14Cl2N4O/c1-2-3-11-17-12(19-16)7-13(18-11)20-10-6-8(14)4-5-9(10)15/h4-7H,2-3,16H2,1H3,(H,17,18,19). The fourth-order valence-electron chi connectivity index (χ4n) is 1.60. The number of nitrogens with one attached hydrogen (secondary N) is 1. The number of rotatable bonds is 5. The van der Waals surface area contributed by atoms with Crippen molar-refractivity contribution in [3.05, 3.63) is 40.1 Å². The summed E-state index contributed by atoms with van der Waals surface area (Å²) in [6.45, 7) is 2.04. The molecule has 0 spiro atoms. The lowest BCUT2D eigenvalue weighted by Gasteiger charge is -2.10. The van der Waals surface area contributed by atoms with Crippen molar-refractivity contribution < 1.29 is 4.74 Å². The van der Waals surface area contributed by atoms with Crippen molar-refractivity contribution in [2.45, 2.75) is 19.8 Å². The van der Waals surface area contributed by atoms with Gasteiger partial charge in [0, 0.05) is 23.6 Å². The number of nitrogens with two attached hydrogens (primary N) is 1. The molecule has 7 heteroatoms. The molecule has 3 N–H and O–H groups in total. The van der Waals surface area contributed by atoms with E-state index in [1.165, 1.54) is 0 Å². The number of aryl methyl sites for hydroxylation is 1. The van der Waals surface area contributed by atoms with Gasteiger partial charge in [-0.1, -0.05) is 30.1 Å². The van der Waals surface area contributed by atoms with Crippen LogP contribution in [0.3, 0.4) is 0 Å². The van der Waals surface area contributed by atoms with Gasteiger partial charge in [-0.15, -0.1) is 0 Å². The maximum atomic E-state index is 6.05. The molecule has 1 aromatic heterocycles. The highest BCUT2D eigenvalue weighted by atomic mass is 35.5. The summed E-state index contributed by atoms with van der Waals surface area (Å²) in [5, 5.41) is 0.983. The number of aromatic nitrogens is 2. The zero-order valence-corrected chi connectivity index (χ0v) is 12.4. The van der Waals surface area contributed by atoms with Gasteiger partial charge < -0.3 is 10.2 Å². The van der Waals surface area contributed by atoms with Gasteiger partial charge in [-0.05, 0) is 18.6 Å². The Morgan fingerprint density at radius 2 is 2.05 bits per heavy atom. The first-order chi connectivity index (χ1) is 9.62. The minimum Gasteiger partial charge on any atom is -0.437 e. The molecule has 0 unspecified atom stereocenters. The van der Waals surface area contributed by atoms with Gasteiger partial charge in [0.2, 0.25) is 5.88 Å². The summed E-state index contributed by atoms with van der Waals surface area (Å²) in [5.74, 6) is 7.32. The van der Waals surface area contributed by atoms with Gasteiger partial charge in [-0.25, -0.2) is 10.8 Å². The number of nitrogen functional groups attached to an aromatic ring is 1. The summed E-state index contributed by atoms with van der Waals surface area (Å²) in [4.78, 5) is 8.54. The number of anilines is 1. The quantitative estimate of drug-likeness (QED) is 0.648. The molecule has 2 aromatic rings. The molecule has 0 aliphatic carbocycles. The Morgan fingerprint density at radius 1 is 1.25 bits per heavy atom. The number of nitrogens with zero attached hydrogens (tertiary/aromatic N) is 2. The molecule has 0 amide bonds. The van der Waals surface area contributed by atoms with Crippen molar-refractivity contribution in [3.8, 4) is 11.6 Å². The number of hydrazine groups is 1. The Kier molecular flexibility index (Phi) is 5.00. The van der Waals surface area contributed by atoms with Gasteiger partial charge >= 0.3 is 0 Å². The normalized spacial score (nSPS) is 10.4. The van der Waals surface area contributed by atoms with Gasteiger partial charge in [0.05, 0.1) is 5.02 Å². The van der Waals surface area contributed by atoms with Crippen LogP contribution in [0.25, 0.3) is 0 Å². The van der Waals surface area contributed by atoms with Crippen LogP contribution >= 0.6 is 23.2 Å². The van der Waals surface area contributed by atoms with Gasteiger partial charge in [-0.3, -0.25) is 0 Å². The number of halogens is 2. The van der Waals surface area contributed by atoms with Crippen molar-refractivity contribution in [3.63, 3.8) is 0 Å². The first kappa shape index (κ1) is 14.8. The molecule has 106 valence electrons. The Labute approximate surface area is 127 Å². The third kappa shape index (κ3) is 3.72. The minimum atomic E-state index is 0.362. The average Bonchev–Trinajstić information content (AvgIpc) is 2.43. The predicted octanol–water partition coefficient (Wildman–Crippen LogP) is 3.81. The first-order valence-corrected chi connectivity index (χ1v) is 6.85. The highest BCUT2D eigenvalue weighted by molar-refractivity contribution is 6.34. The molecule has 2 rings (SSSR count). The second-order valence-electron chi connectivity index (χ2n) is 4.08. The second kappa shape index (κ2) is 6.74. The SMILES string of the molecule is CCCc1nc(NN)cc(Oc2cc(Cl)ccc2Cl)n1. The summed E-state index contributed by atoms with van der Waals surface area (Å²) < 4.78 is 5.66. The molecule has 0 radical (unpaired) electrons. The monoisotopic (exact) mass is 312 g/mol. The van der Waals surface area contributed by atoms with Crippen LogP contribution in [0.5, 0.6) is 11.6 Å². The Morgan fingerprint density at radius 3 is 2.75 bits per heavy atom. The van der Waals surface area contributed by atoms with E-state index in [1.54, 1.807) is 24.3 Å². The Balaban J connectivity index is 2.32. The second-order valence-corrected chi connectivity index (χ2v) is 4.92. The third-order valence-corrected chi connectivity index (χ3v) is 3.03. The Bertz CT molecular complexity index is 607. The van der Waals surface area contributed by atoms with Gasteiger partial charge in [0.25, 0.3) is 0 Å². The van der Waals surface area contributed by atoms with Crippen molar-refractivity contribution in [2.24, 2.45) is 5.84 Å². The van der Waals surface area contributed by atoms with Gasteiger partial charge in [-0.2, -0.15) is 4.98 Å². The lowest BCUT2D eigenvalue weighted by atomic mass is 10.3. The van der Waals surface area contributed by atoms with Crippen LogP contribution in [-0.2, 0) is 6.42 Å². The van der Waals surface area contributed by atoms with Gasteiger partial charge in [0.15, 0.2) is 0 Å². The average molecular weight is 313 g/mol. The number of hydrogen-bond donors (Lipinski definition) is 2. The molecule has 20 heavy (non-hydrogen) atoms. The third-order valence-electron chi connectivity index (χ3n) is 2.48. The molecule has 0 fully saturated rings. The van der Waals surface area contributed by atoms with Gasteiger partial charge in [0.1, 0.15) is 17.4 Å². The highest BCUT2D eigenvalue weighted by Gasteiger charge is 2.09. The molecule has 0 bridgehead atoms. The number of benzene rings is 1. The number of hydrogen-bond acceptors (Lipinski definition) is 5. The van der Waals surface area contributed by atoms with E-state index >= 15 is 0 Å². The topological polar surface area (TPSA) is 73.1 Å². The largest absolute Gasteiger partial charge is 0.437 e. The van der Waals surface area contributed by atoms with Crippen LogP contribution in [0, 0.1) is 0 Å². The van der Waals surface area contributed by atoms with Crippen LogP contribution in [0.4, 0.5) is 5.82 Å². The molecular weight excluding hydrogens is 299 g/mol. The molecule has 1 aromatic carbocycles. The lowest BCUT2D eigenvalue weighted by Crippen LogP contribution is -2.10. The molecule has 0 atom stereocenters. The van der Waals surface area contributed by atoms with E-state index in [0.717, 1.165) is 12.8 Å². The maximum absolute atomic E-state index is 6.05. The fraction of sp³-hybridized carbons (Fsp3) is 0.231. The van der Waals surface area contributed by atoms with E-state index in [1.807, 2.05) is 6.92 Å². The minimum absolute atomic E-state index is 0.362. The zero-order chi connectivity index (χ0) is 14.5. The zero-order valence-electron chi connectivity index (χ0n) is 10.9. The van der Waals surface area contributed by atoms with Crippen molar-refractivity contribution in [1.82, 2.24) is 9.97 Å². The van der Waals surface area contributed by atoms with Crippen LogP contribution in [0.15, 0.2) is 24.3 Å². The fourth-order valence-corrected chi connectivity index (χ4v) is 1.92. The van der Waals surface area contributed by atoms with E-state index < -0.39 is 0 Å². The van der Waals surface area contributed by atoms with Crippen LogP contribution in [0.2, 0.25) is 10.0 Å². The van der Waals surface area contributed by atoms with Crippen molar-refractivity contribution in [1.29, 1.82) is 0 Å². The summed E-state index contributed by atoms with van der Waals surface area (Å²) in [7, 11) is 0. The van der Waals surface area contributed by atoms with E-state index in [-0.39, 0.29) is 0 Å². The summed E-state index contributed by atoms with van der Waals surface area (Å²) in [6, 6.07) is 6.57. The number of ether oxygens (including phenoxy) is 1. The van der Waals surface area contributed by atoms with E-state index in [4.69, 9.17) is 33.8 Å². The summed E-state index contributed by atoms with van der Waals surface area (Å²) in [6.07, 6.45) is 1.65. The van der Waals surface area contributed by atoms with E-state index in [2.05, 4.69) is 15.4 Å².